The second kappa shape index (κ2) is 9.06. The van der Waals surface area contributed by atoms with Crippen LogP contribution in [0.3, 0.4) is 0 Å². The zero-order chi connectivity index (χ0) is 19.3. The summed E-state index contributed by atoms with van der Waals surface area (Å²) in [6.07, 6.45) is 7.01. The number of urea groups is 1. The van der Waals surface area contributed by atoms with E-state index < -0.39 is 0 Å². The lowest BCUT2D eigenvalue weighted by Gasteiger charge is -2.49. The number of likely N-dealkylation sites (tertiary alicyclic amines) is 1. The number of carbonyl (C=O) groups is 1. The van der Waals surface area contributed by atoms with Gasteiger partial charge in [-0.3, -0.25) is 4.90 Å². The average molecular weight is 378 g/mol. The molecule has 2 amide bonds. The standard InChI is InChI=1S/C20H35N5O2/c1-4-20(25-11-13-27-14-12-25)5-8-23(9-6-20)19(26)22-15-18-21-7-10-24(18)16-17(2)3/h7,10,17H,4-6,8-9,11-16H2,1-3H3,(H,22,26). The van der Waals surface area contributed by atoms with Crippen LogP contribution in [-0.2, 0) is 17.8 Å². The monoisotopic (exact) mass is 377 g/mol. The van der Waals surface area contributed by atoms with E-state index in [1.54, 1.807) is 0 Å². The van der Waals surface area contributed by atoms with E-state index in [1.165, 1.54) is 0 Å². The molecule has 2 aliphatic rings. The number of nitrogens with zero attached hydrogens (tertiary/aromatic N) is 4. The molecule has 0 aromatic carbocycles. The van der Waals surface area contributed by atoms with Crippen LogP contribution in [0.4, 0.5) is 4.79 Å². The summed E-state index contributed by atoms with van der Waals surface area (Å²) in [7, 11) is 0. The minimum atomic E-state index is 0.0285. The van der Waals surface area contributed by atoms with Crippen LogP contribution < -0.4 is 5.32 Å². The summed E-state index contributed by atoms with van der Waals surface area (Å²) in [4.78, 5) is 21.6. The first-order valence-electron chi connectivity index (χ1n) is 10.4. The van der Waals surface area contributed by atoms with Crippen molar-refractivity contribution in [3.05, 3.63) is 18.2 Å². The van der Waals surface area contributed by atoms with Crippen molar-refractivity contribution in [3.63, 3.8) is 0 Å². The molecule has 0 aliphatic carbocycles. The molecule has 2 saturated heterocycles. The van der Waals surface area contributed by atoms with Crippen LogP contribution in [0, 0.1) is 5.92 Å². The highest BCUT2D eigenvalue weighted by atomic mass is 16.5. The Hall–Kier alpha value is -1.60. The third-order valence-electron chi connectivity index (χ3n) is 6.08. The van der Waals surface area contributed by atoms with E-state index in [2.05, 4.69) is 40.5 Å². The Morgan fingerprint density at radius 1 is 1.26 bits per heavy atom. The molecule has 1 N–H and O–H groups in total. The van der Waals surface area contributed by atoms with E-state index >= 15 is 0 Å². The highest BCUT2D eigenvalue weighted by molar-refractivity contribution is 5.74. The summed E-state index contributed by atoms with van der Waals surface area (Å²) in [5, 5.41) is 3.06. The van der Waals surface area contributed by atoms with Crippen molar-refractivity contribution in [3.8, 4) is 0 Å². The first-order chi connectivity index (χ1) is 13.0. The lowest BCUT2D eigenvalue weighted by molar-refractivity contribution is -0.0453. The molecule has 0 unspecified atom stereocenters. The Morgan fingerprint density at radius 2 is 1.96 bits per heavy atom. The SMILES string of the molecule is CCC1(N2CCOCC2)CCN(C(=O)NCc2nccn2CC(C)C)CC1. The lowest BCUT2D eigenvalue weighted by atomic mass is 9.83. The molecule has 0 radical (unpaired) electrons. The van der Waals surface area contributed by atoms with Gasteiger partial charge in [0.15, 0.2) is 0 Å². The first kappa shape index (κ1) is 20.1. The predicted octanol–water partition coefficient (Wildman–Crippen LogP) is 2.33. The third kappa shape index (κ3) is 4.82. The number of hydrogen-bond acceptors (Lipinski definition) is 4. The van der Waals surface area contributed by atoms with Gasteiger partial charge in [0.25, 0.3) is 0 Å². The van der Waals surface area contributed by atoms with E-state index in [1.807, 2.05) is 17.3 Å². The Kier molecular flexibility index (Phi) is 6.76. The highest BCUT2D eigenvalue weighted by Gasteiger charge is 2.39. The fourth-order valence-electron chi connectivity index (χ4n) is 4.39. The molecule has 0 saturated carbocycles. The van der Waals surface area contributed by atoms with Gasteiger partial charge in [-0.2, -0.15) is 0 Å². The average Bonchev–Trinajstić information content (AvgIpc) is 3.13. The van der Waals surface area contributed by atoms with Crippen molar-refractivity contribution in [1.29, 1.82) is 0 Å². The maximum atomic E-state index is 12.6. The Bertz CT molecular complexity index is 601. The number of imidazole rings is 1. The smallest absolute Gasteiger partial charge is 0.317 e. The topological polar surface area (TPSA) is 62.6 Å². The van der Waals surface area contributed by atoms with Gasteiger partial charge < -0.3 is 19.5 Å². The second-order valence-corrected chi connectivity index (χ2v) is 8.21. The summed E-state index contributed by atoms with van der Waals surface area (Å²) in [6.45, 7) is 13.4. The summed E-state index contributed by atoms with van der Waals surface area (Å²) >= 11 is 0. The maximum absolute atomic E-state index is 12.6. The van der Waals surface area contributed by atoms with Crippen molar-refractivity contribution in [2.24, 2.45) is 5.92 Å². The normalized spacial score (nSPS) is 20.8. The van der Waals surface area contributed by atoms with Crippen molar-refractivity contribution in [2.45, 2.75) is 58.7 Å². The molecule has 2 aliphatic heterocycles. The fraction of sp³-hybridized carbons (Fsp3) is 0.800. The molecule has 1 aromatic heterocycles. The maximum Gasteiger partial charge on any atom is 0.317 e. The zero-order valence-electron chi connectivity index (χ0n) is 17.1. The number of hydrogen-bond donors (Lipinski definition) is 1. The van der Waals surface area contributed by atoms with E-state index in [-0.39, 0.29) is 11.6 Å². The largest absolute Gasteiger partial charge is 0.379 e. The van der Waals surface area contributed by atoms with Gasteiger partial charge in [0, 0.05) is 50.7 Å². The number of ether oxygens (including phenoxy) is 1. The van der Waals surface area contributed by atoms with Crippen LogP contribution in [0.5, 0.6) is 0 Å². The Balaban J connectivity index is 1.50. The molecule has 2 fully saturated rings. The molecule has 0 atom stereocenters. The zero-order valence-corrected chi connectivity index (χ0v) is 17.1. The molecule has 152 valence electrons. The number of morpholine rings is 1. The number of aromatic nitrogens is 2. The summed E-state index contributed by atoms with van der Waals surface area (Å²) < 4.78 is 7.64. The van der Waals surface area contributed by atoms with Crippen LogP contribution >= 0.6 is 0 Å². The van der Waals surface area contributed by atoms with Gasteiger partial charge in [0.2, 0.25) is 0 Å². The molecule has 0 spiro atoms. The van der Waals surface area contributed by atoms with E-state index in [0.29, 0.717) is 12.5 Å². The summed E-state index contributed by atoms with van der Waals surface area (Å²) in [6, 6.07) is 0.0285. The van der Waals surface area contributed by atoms with Gasteiger partial charge in [-0.15, -0.1) is 0 Å². The second-order valence-electron chi connectivity index (χ2n) is 8.21. The van der Waals surface area contributed by atoms with Gasteiger partial charge in [-0.1, -0.05) is 20.8 Å². The Morgan fingerprint density at radius 3 is 2.59 bits per heavy atom. The van der Waals surface area contributed by atoms with Crippen molar-refractivity contribution in [2.75, 3.05) is 39.4 Å². The minimum absolute atomic E-state index is 0.0285. The van der Waals surface area contributed by atoms with Crippen molar-refractivity contribution < 1.29 is 9.53 Å². The van der Waals surface area contributed by atoms with E-state index in [0.717, 1.165) is 71.0 Å². The van der Waals surface area contributed by atoms with Crippen LogP contribution in [0.15, 0.2) is 12.4 Å². The molecule has 3 heterocycles. The highest BCUT2D eigenvalue weighted by Crippen LogP contribution is 2.32. The summed E-state index contributed by atoms with van der Waals surface area (Å²) in [5.41, 5.74) is 0.230. The molecule has 7 nitrogen and oxygen atoms in total. The number of nitrogens with one attached hydrogen (secondary N) is 1. The van der Waals surface area contributed by atoms with E-state index in [9.17, 15) is 4.79 Å². The van der Waals surface area contributed by atoms with Crippen LogP contribution in [-0.4, -0.2) is 70.3 Å². The molecular formula is C20H35N5O2. The van der Waals surface area contributed by atoms with Crippen molar-refractivity contribution >= 4 is 6.03 Å². The number of rotatable bonds is 6. The summed E-state index contributed by atoms with van der Waals surface area (Å²) in [5.74, 6) is 1.48. The molecule has 1 aromatic rings. The van der Waals surface area contributed by atoms with Crippen molar-refractivity contribution in [1.82, 2.24) is 24.7 Å². The van der Waals surface area contributed by atoms with Crippen LogP contribution in [0.2, 0.25) is 0 Å². The molecule has 27 heavy (non-hydrogen) atoms. The van der Waals surface area contributed by atoms with Gasteiger partial charge in [-0.25, -0.2) is 9.78 Å². The van der Waals surface area contributed by atoms with Gasteiger partial charge in [0.1, 0.15) is 5.82 Å². The van der Waals surface area contributed by atoms with E-state index in [4.69, 9.17) is 4.74 Å². The molecule has 3 rings (SSSR count). The molecule has 0 bridgehead atoms. The predicted molar refractivity (Wildman–Crippen MR) is 106 cm³/mol. The van der Waals surface area contributed by atoms with Gasteiger partial charge in [-0.05, 0) is 25.2 Å². The molecule has 7 heteroatoms. The van der Waals surface area contributed by atoms with Gasteiger partial charge in [0.05, 0.1) is 19.8 Å². The van der Waals surface area contributed by atoms with Crippen LogP contribution in [0.1, 0.15) is 45.9 Å². The quantitative estimate of drug-likeness (QED) is 0.826. The van der Waals surface area contributed by atoms with Gasteiger partial charge >= 0.3 is 6.03 Å². The third-order valence-corrected chi connectivity index (χ3v) is 6.08. The first-order valence-corrected chi connectivity index (χ1v) is 10.4. The Labute approximate surface area is 163 Å². The van der Waals surface area contributed by atoms with Crippen LogP contribution in [0.25, 0.3) is 0 Å². The number of carbonyl (C=O) groups excluding carboxylic acids is 1. The molecular weight excluding hydrogens is 342 g/mol. The lowest BCUT2D eigenvalue weighted by Crippen LogP contribution is -2.59. The minimum Gasteiger partial charge on any atom is -0.379 e. The number of piperidine rings is 1. The number of amides is 2. The fourth-order valence-corrected chi connectivity index (χ4v) is 4.39.